The number of aromatic amines is 1. The molecule has 1 aromatic carbocycles. The van der Waals surface area contributed by atoms with E-state index in [-0.39, 0.29) is 12.2 Å². The van der Waals surface area contributed by atoms with Gasteiger partial charge < -0.3 is 9.55 Å². The Kier molecular flexibility index (Phi) is 4.26. The lowest BCUT2D eigenvalue weighted by Crippen LogP contribution is -2.37. The third-order valence-electron chi connectivity index (χ3n) is 4.83. The quantitative estimate of drug-likeness (QED) is 0.762. The number of halogens is 3. The highest BCUT2D eigenvalue weighted by atomic mass is 19.4. The van der Waals surface area contributed by atoms with Crippen molar-refractivity contribution in [1.82, 2.24) is 24.4 Å². The first-order valence-electron chi connectivity index (χ1n) is 8.72. The summed E-state index contributed by atoms with van der Waals surface area (Å²) in [5.41, 5.74) is 1.75. The molecule has 27 heavy (non-hydrogen) atoms. The van der Waals surface area contributed by atoms with Crippen LogP contribution in [0, 0.1) is 0 Å². The van der Waals surface area contributed by atoms with Crippen molar-refractivity contribution in [3.8, 4) is 0 Å². The normalized spacial score (nSPS) is 15.3. The zero-order chi connectivity index (χ0) is 19.2. The van der Waals surface area contributed by atoms with Crippen LogP contribution in [0.25, 0.3) is 11.0 Å². The van der Waals surface area contributed by atoms with Gasteiger partial charge in [-0.2, -0.15) is 13.2 Å². The molecular formula is C18H18F3N5O. The molecule has 0 fully saturated rings. The summed E-state index contributed by atoms with van der Waals surface area (Å²) in [5, 5.41) is 0. The van der Waals surface area contributed by atoms with E-state index < -0.39 is 17.6 Å². The fourth-order valence-electron chi connectivity index (χ4n) is 3.55. The fourth-order valence-corrected chi connectivity index (χ4v) is 3.55. The van der Waals surface area contributed by atoms with E-state index in [1.54, 1.807) is 0 Å². The van der Waals surface area contributed by atoms with Gasteiger partial charge in [0, 0.05) is 26.1 Å². The lowest BCUT2D eigenvalue weighted by Gasteiger charge is -2.27. The Morgan fingerprint density at radius 2 is 2.00 bits per heavy atom. The minimum atomic E-state index is -4.66. The third kappa shape index (κ3) is 3.23. The van der Waals surface area contributed by atoms with Crippen molar-refractivity contribution in [1.29, 1.82) is 0 Å². The molecule has 142 valence electrons. The number of aromatic nitrogens is 4. The fraction of sp³-hybridized carbons (Fsp3) is 0.389. The molecule has 0 amide bonds. The first-order chi connectivity index (χ1) is 12.9. The number of hydrogen-bond donors (Lipinski definition) is 1. The molecular weight excluding hydrogens is 359 g/mol. The summed E-state index contributed by atoms with van der Waals surface area (Å²) < 4.78 is 40.6. The number of benzene rings is 1. The number of alkyl halides is 3. The molecule has 0 aliphatic carbocycles. The van der Waals surface area contributed by atoms with Crippen LogP contribution in [0.15, 0.2) is 29.1 Å². The van der Waals surface area contributed by atoms with Crippen LogP contribution in [0.5, 0.6) is 0 Å². The van der Waals surface area contributed by atoms with E-state index in [1.807, 2.05) is 41.1 Å². The molecule has 2 aromatic heterocycles. The van der Waals surface area contributed by atoms with Crippen LogP contribution in [0.4, 0.5) is 13.2 Å². The second-order valence-electron chi connectivity index (χ2n) is 6.56. The summed E-state index contributed by atoms with van der Waals surface area (Å²) >= 11 is 0. The molecule has 0 spiro atoms. The van der Waals surface area contributed by atoms with Crippen LogP contribution in [0.1, 0.15) is 29.8 Å². The Morgan fingerprint density at radius 3 is 2.74 bits per heavy atom. The molecule has 3 heterocycles. The van der Waals surface area contributed by atoms with Crippen LogP contribution in [-0.2, 0) is 32.2 Å². The first kappa shape index (κ1) is 17.7. The summed E-state index contributed by atoms with van der Waals surface area (Å²) in [6.45, 7) is 4.09. The highest BCUT2D eigenvalue weighted by molar-refractivity contribution is 5.75. The van der Waals surface area contributed by atoms with Gasteiger partial charge in [0.25, 0.3) is 5.56 Å². The second kappa shape index (κ2) is 6.49. The van der Waals surface area contributed by atoms with E-state index in [1.165, 1.54) is 0 Å². The van der Waals surface area contributed by atoms with E-state index in [2.05, 4.69) is 14.5 Å². The average molecular weight is 377 g/mol. The molecule has 0 radical (unpaired) electrons. The van der Waals surface area contributed by atoms with Crippen LogP contribution >= 0.6 is 0 Å². The Bertz CT molecular complexity index is 1050. The second-order valence-corrected chi connectivity index (χ2v) is 6.56. The molecule has 3 aromatic rings. The SMILES string of the molecule is CCn1c(CN2CCc3nc(C(F)(F)F)[nH]c(=O)c3C2)nc2ccccc21. The predicted octanol–water partition coefficient (Wildman–Crippen LogP) is 2.72. The van der Waals surface area contributed by atoms with Crippen LogP contribution < -0.4 is 5.56 Å². The molecule has 4 rings (SSSR count). The molecule has 9 heteroatoms. The van der Waals surface area contributed by atoms with Crippen LogP contribution in [0.3, 0.4) is 0 Å². The van der Waals surface area contributed by atoms with E-state index in [0.717, 1.165) is 23.4 Å². The smallest absolute Gasteiger partial charge is 0.327 e. The largest absolute Gasteiger partial charge is 0.449 e. The standard InChI is InChI=1S/C18H18F3N5O/c1-2-26-14-6-4-3-5-13(14)22-15(26)10-25-8-7-12-11(9-25)16(27)24-17(23-12)18(19,20)21/h3-6H,2,7-10H2,1H3,(H,23,24,27). The van der Waals surface area contributed by atoms with E-state index in [0.29, 0.717) is 25.1 Å². The van der Waals surface area contributed by atoms with Gasteiger partial charge in [0.15, 0.2) is 0 Å². The van der Waals surface area contributed by atoms with Crippen molar-refractivity contribution >= 4 is 11.0 Å². The highest BCUT2D eigenvalue weighted by Crippen LogP contribution is 2.27. The zero-order valence-corrected chi connectivity index (χ0v) is 14.7. The van der Waals surface area contributed by atoms with Gasteiger partial charge in [0.05, 0.1) is 28.8 Å². The van der Waals surface area contributed by atoms with Crippen molar-refractivity contribution in [2.24, 2.45) is 0 Å². The van der Waals surface area contributed by atoms with Crippen molar-refractivity contribution < 1.29 is 13.2 Å². The summed E-state index contributed by atoms with van der Waals surface area (Å²) in [7, 11) is 0. The number of fused-ring (bicyclic) bond motifs is 2. The van der Waals surface area contributed by atoms with Crippen LogP contribution in [-0.4, -0.2) is 31.0 Å². The third-order valence-corrected chi connectivity index (χ3v) is 4.83. The maximum Gasteiger partial charge on any atom is 0.449 e. The monoisotopic (exact) mass is 377 g/mol. The van der Waals surface area contributed by atoms with Crippen molar-refractivity contribution in [2.45, 2.75) is 39.2 Å². The lowest BCUT2D eigenvalue weighted by molar-refractivity contribution is -0.145. The summed E-state index contributed by atoms with van der Waals surface area (Å²) in [4.78, 5) is 24.3. The molecule has 0 saturated carbocycles. The minimum Gasteiger partial charge on any atom is -0.327 e. The van der Waals surface area contributed by atoms with E-state index in [4.69, 9.17) is 0 Å². The Morgan fingerprint density at radius 1 is 1.22 bits per heavy atom. The van der Waals surface area contributed by atoms with E-state index >= 15 is 0 Å². The summed E-state index contributed by atoms with van der Waals surface area (Å²) in [6, 6.07) is 7.85. The number of imidazole rings is 1. The summed E-state index contributed by atoms with van der Waals surface area (Å²) in [6.07, 6.45) is -4.36. The Labute approximate surface area is 152 Å². The van der Waals surface area contributed by atoms with Crippen LogP contribution in [0.2, 0.25) is 0 Å². The van der Waals surface area contributed by atoms with Gasteiger partial charge in [0.2, 0.25) is 5.82 Å². The minimum absolute atomic E-state index is 0.228. The zero-order valence-electron chi connectivity index (χ0n) is 14.7. The van der Waals surface area contributed by atoms with Gasteiger partial charge >= 0.3 is 6.18 Å². The van der Waals surface area contributed by atoms with Gasteiger partial charge in [-0.15, -0.1) is 0 Å². The number of H-pyrrole nitrogens is 1. The number of hydrogen-bond acceptors (Lipinski definition) is 4. The lowest BCUT2D eigenvalue weighted by atomic mass is 10.1. The highest BCUT2D eigenvalue weighted by Gasteiger charge is 2.36. The van der Waals surface area contributed by atoms with E-state index in [9.17, 15) is 18.0 Å². The number of nitrogens with zero attached hydrogens (tertiary/aromatic N) is 4. The molecule has 0 unspecified atom stereocenters. The Hall–Kier alpha value is -2.68. The average Bonchev–Trinajstić information content (AvgIpc) is 2.98. The molecule has 0 bridgehead atoms. The molecule has 1 N–H and O–H groups in total. The number of rotatable bonds is 3. The van der Waals surface area contributed by atoms with Gasteiger partial charge in [-0.1, -0.05) is 12.1 Å². The molecule has 0 saturated heterocycles. The van der Waals surface area contributed by atoms with Gasteiger partial charge in [-0.05, 0) is 19.1 Å². The maximum atomic E-state index is 12.8. The number of para-hydroxylation sites is 2. The topological polar surface area (TPSA) is 66.8 Å². The molecule has 1 aliphatic rings. The number of nitrogens with one attached hydrogen (secondary N) is 1. The summed E-state index contributed by atoms with van der Waals surface area (Å²) in [5.74, 6) is -0.356. The van der Waals surface area contributed by atoms with Gasteiger partial charge in [0.1, 0.15) is 5.82 Å². The van der Waals surface area contributed by atoms with Gasteiger partial charge in [-0.3, -0.25) is 9.69 Å². The Balaban J connectivity index is 1.62. The predicted molar refractivity (Wildman–Crippen MR) is 93.1 cm³/mol. The van der Waals surface area contributed by atoms with Crippen molar-refractivity contribution in [3.05, 3.63) is 57.5 Å². The molecule has 6 nitrogen and oxygen atoms in total. The van der Waals surface area contributed by atoms with Gasteiger partial charge in [-0.25, -0.2) is 9.97 Å². The molecule has 1 aliphatic heterocycles. The van der Waals surface area contributed by atoms with Crippen molar-refractivity contribution in [3.63, 3.8) is 0 Å². The first-order valence-corrected chi connectivity index (χ1v) is 8.72. The maximum absolute atomic E-state index is 12.8. The van der Waals surface area contributed by atoms with Crippen molar-refractivity contribution in [2.75, 3.05) is 6.54 Å². The number of aryl methyl sites for hydroxylation is 1. The molecule has 0 atom stereocenters.